The van der Waals surface area contributed by atoms with Gasteiger partial charge in [0.15, 0.2) is 6.61 Å². The van der Waals surface area contributed by atoms with Gasteiger partial charge < -0.3 is 14.7 Å². The normalized spacial score (nSPS) is 17.0. The van der Waals surface area contributed by atoms with Gasteiger partial charge in [-0.3, -0.25) is 4.79 Å². The van der Waals surface area contributed by atoms with Crippen molar-refractivity contribution < 1.29 is 19.4 Å². The van der Waals surface area contributed by atoms with E-state index in [1.54, 1.807) is 17.4 Å². The van der Waals surface area contributed by atoms with E-state index in [9.17, 15) is 9.59 Å². The van der Waals surface area contributed by atoms with E-state index < -0.39 is 12.0 Å². The number of carbonyl (C=O) groups excluding carboxylic acids is 1. The molecule has 1 amide bonds. The van der Waals surface area contributed by atoms with E-state index in [1.807, 2.05) is 30.5 Å². The molecule has 2 aromatic rings. The second kappa shape index (κ2) is 7.00. The van der Waals surface area contributed by atoms with Crippen LogP contribution < -0.4 is 4.74 Å². The molecule has 1 aromatic heterocycles. The third-order valence-electron chi connectivity index (χ3n) is 3.97. The number of aromatic nitrogens is 1. The first kappa shape index (κ1) is 16.4. The first-order chi connectivity index (χ1) is 11.5. The predicted molar refractivity (Wildman–Crippen MR) is 90.2 cm³/mol. The van der Waals surface area contributed by atoms with Crippen molar-refractivity contribution in [3.05, 3.63) is 34.7 Å². The fourth-order valence-electron chi connectivity index (χ4n) is 2.79. The molecule has 7 heteroatoms. The van der Waals surface area contributed by atoms with Gasteiger partial charge in [-0.15, -0.1) is 11.3 Å². The Kier molecular flexibility index (Phi) is 4.80. The fourth-order valence-corrected chi connectivity index (χ4v) is 3.41. The van der Waals surface area contributed by atoms with E-state index in [-0.39, 0.29) is 12.5 Å². The molecule has 1 N–H and O–H groups in total. The highest BCUT2D eigenvalue weighted by Gasteiger charge is 2.33. The van der Waals surface area contributed by atoms with Gasteiger partial charge in [-0.2, -0.15) is 0 Å². The van der Waals surface area contributed by atoms with E-state index in [0.717, 1.165) is 16.3 Å². The number of aliphatic carboxylic acids is 1. The molecule has 0 bridgehead atoms. The summed E-state index contributed by atoms with van der Waals surface area (Å²) in [4.78, 5) is 29.2. The number of ether oxygens (including phenoxy) is 1. The molecule has 126 valence electrons. The van der Waals surface area contributed by atoms with Crippen molar-refractivity contribution in [2.75, 3.05) is 13.2 Å². The van der Waals surface area contributed by atoms with Crippen molar-refractivity contribution in [1.82, 2.24) is 9.88 Å². The van der Waals surface area contributed by atoms with Gasteiger partial charge in [0, 0.05) is 17.5 Å². The molecular weight excluding hydrogens is 328 g/mol. The van der Waals surface area contributed by atoms with E-state index in [4.69, 9.17) is 9.84 Å². The number of carboxylic acids is 1. The minimum Gasteiger partial charge on any atom is -0.484 e. The Morgan fingerprint density at radius 2 is 2.29 bits per heavy atom. The van der Waals surface area contributed by atoms with Gasteiger partial charge in [0.05, 0.1) is 10.7 Å². The van der Waals surface area contributed by atoms with Crippen LogP contribution in [-0.4, -0.2) is 46.1 Å². The molecule has 24 heavy (non-hydrogen) atoms. The fraction of sp³-hybridized carbons (Fsp3) is 0.353. The summed E-state index contributed by atoms with van der Waals surface area (Å²) in [5.41, 5.74) is 1.80. The summed E-state index contributed by atoms with van der Waals surface area (Å²) in [5, 5.41) is 12.1. The van der Waals surface area contributed by atoms with Crippen LogP contribution in [0.4, 0.5) is 0 Å². The predicted octanol–water partition coefficient (Wildman–Crippen LogP) is 2.57. The summed E-state index contributed by atoms with van der Waals surface area (Å²) in [6.45, 7) is 2.25. The number of carbonyl (C=O) groups is 2. The summed E-state index contributed by atoms with van der Waals surface area (Å²) in [6, 6.07) is 6.66. The number of benzene rings is 1. The van der Waals surface area contributed by atoms with Crippen LogP contribution in [0.3, 0.4) is 0 Å². The molecule has 0 spiro atoms. The third kappa shape index (κ3) is 3.56. The first-order valence-electron chi connectivity index (χ1n) is 7.72. The second-order valence-corrected chi connectivity index (χ2v) is 6.71. The van der Waals surface area contributed by atoms with Crippen molar-refractivity contribution in [2.45, 2.75) is 25.8 Å². The Labute approximate surface area is 143 Å². The van der Waals surface area contributed by atoms with Gasteiger partial charge in [-0.05, 0) is 31.9 Å². The molecule has 0 radical (unpaired) electrons. The Balaban J connectivity index is 1.64. The van der Waals surface area contributed by atoms with Crippen molar-refractivity contribution in [2.24, 2.45) is 0 Å². The molecule has 0 saturated carbocycles. The number of carboxylic acid groups (broad SMARTS) is 1. The molecule has 1 unspecified atom stereocenters. The molecule has 1 aliphatic rings. The van der Waals surface area contributed by atoms with E-state index >= 15 is 0 Å². The average molecular weight is 346 g/mol. The lowest BCUT2D eigenvalue weighted by Crippen LogP contribution is -2.42. The molecule has 1 saturated heterocycles. The van der Waals surface area contributed by atoms with Crippen LogP contribution in [0.25, 0.3) is 11.3 Å². The van der Waals surface area contributed by atoms with Crippen LogP contribution in [0.15, 0.2) is 29.6 Å². The summed E-state index contributed by atoms with van der Waals surface area (Å²) >= 11 is 1.57. The van der Waals surface area contributed by atoms with Crippen LogP contribution in [0.2, 0.25) is 0 Å². The van der Waals surface area contributed by atoms with Gasteiger partial charge in [0.2, 0.25) is 0 Å². The largest absolute Gasteiger partial charge is 0.484 e. The van der Waals surface area contributed by atoms with Crippen molar-refractivity contribution in [3.63, 3.8) is 0 Å². The Morgan fingerprint density at radius 1 is 1.46 bits per heavy atom. The SMILES string of the molecule is Cc1nc(-c2cccc(OCC(=O)N3CCCC3C(=O)O)c2)cs1. The Bertz CT molecular complexity index is 759. The highest BCUT2D eigenvalue weighted by Crippen LogP contribution is 2.25. The molecular formula is C17H18N2O4S. The van der Waals surface area contributed by atoms with E-state index in [2.05, 4.69) is 4.98 Å². The topological polar surface area (TPSA) is 79.7 Å². The van der Waals surface area contributed by atoms with Crippen LogP contribution in [0.1, 0.15) is 17.8 Å². The number of nitrogens with zero attached hydrogens (tertiary/aromatic N) is 2. The monoisotopic (exact) mass is 346 g/mol. The van der Waals surface area contributed by atoms with E-state index in [0.29, 0.717) is 25.1 Å². The van der Waals surface area contributed by atoms with Gasteiger partial charge in [-0.25, -0.2) is 9.78 Å². The zero-order valence-corrected chi connectivity index (χ0v) is 14.1. The molecule has 6 nitrogen and oxygen atoms in total. The van der Waals surface area contributed by atoms with Crippen molar-refractivity contribution in [1.29, 1.82) is 0 Å². The summed E-state index contributed by atoms with van der Waals surface area (Å²) in [5.74, 6) is -0.686. The number of amides is 1. The van der Waals surface area contributed by atoms with Crippen molar-refractivity contribution >= 4 is 23.2 Å². The summed E-state index contributed by atoms with van der Waals surface area (Å²) < 4.78 is 5.57. The zero-order valence-electron chi connectivity index (χ0n) is 13.3. The van der Waals surface area contributed by atoms with Crippen molar-refractivity contribution in [3.8, 4) is 17.0 Å². The number of hydrogen-bond acceptors (Lipinski definition) is 5. The van der Waals surface area contributed by atoms with Gasteiger partial charge in [0.1, 0.15) is 11.8 Å². The lowest BCUT2D eigenvalue weighted by Gasteiger charge is -2.21. The van der Waals surface area contributed by atoms with Crippen LogP contribution in [0.5, 0.6) is 5.75 Å². The summed E-state index contributed by atoms with van der Waals surface area (Å²) in [7, 11) is 0. The third-order valence-corrected chi connectivity index (χ3v) is 4.74. The standard InChI is InChI=1S/C17H18N2O4S/c1-11-18-14(10-24-11)12-4-2-5-13(8-12)23-9-16(20)19-7-3-6-15(19)17(21)22/h2,4-5,8,10,15H,3,6-7,9H2,1H3,(H,21,22). The second-order valence-electron chi connectivity index (χ2n) is 5.65. The summed E-state index contributed by atoms with van der Waals surface area (Å²) in [6.07, 6.45) is 1.21. The number of aryl methyl sites for hydroxylation is 1. The maximum atomic E-state index is 12.2. The van der Waals surface area contributed by atoms with Crippen LogP contribution in [0, 0.1) is 6.92 Å². The smallest absolute Gasteiger partial charge is 0.326 e. The molecule has 1 aliphatic heterocycles. The maximum absolute atomic E-state index is 12.2. The van der Waals surface area contributed by atoms with Gasteiger partial charge >= 0.3 is 5.97 Å². The number of thiazole rings is 1. The number of rotatable bonds is 5. The Morgan fingerprint density at radius 3 is 3.00 bits per heavy atom. The van der Waals surface area contributed by atoms with E-state index in [1.165, 1.54) is 4.90 Å². The minimum atomic E-state index is -0.957. The lowest BCUT2D eigenvalue weighted by atomic mass is 10.2. The highest BCUT2D eigenvalue weighted by atomic mass is 32.1. The lowest BCUT2D eigenvalue weighted by molar-refractivity contribution is -0.148. The molecule has 3 rings (SSSR count). The zero-order chi connectivity index (χ0) is 17.1. The van der Waals surface area contributed by atoms with Crippen LogP contribution in [-0.2, 0) is 9.59 Å². The highest BCUT2D eigenvalue weighted by molar-refractivity contribution is 7.09. The quantitative estimate of drug-likeness (QED) is 0.900. The first-order valence-corrected chi connectivity index (χ1v) is 8.60. The van der Waals surface area contributed by atoms with Gasteiger partial charge in [0.25, 0.3) is 5.91 Å². The molecule has 1 fully saturated rings. The molecule has 1 aromatic carbocycles. The molecule has 2 heterocycles. The average Bonchev–Trinajstić information content (AvgIpc) is 3.22. The Hall–Kier alpha value is -2.41. The van der Waals surface area contributed by atoms with Crippen LogP contribution >= 0.6 is 11.3 Å². The maximum Gasteiger partial charge on any atom is 0.326 e. The number of hydrogen-bond donors (Lipinski definition) is 1. The molecule has 1 atom stereocenters. The minimum absolute atomic E-state index is 0.163. The van der Waals surface area contributed by atoms with Gasteiger partial charge in [-0.1, -0.05) is 12.1 Å². The molecule has 0 aliphatic carbocycles. The number of likely N-dealkylation sites (tertiary alicyclic amines) is 1.